The zero-order valence-electron chi connectivity index (χ0n) is 8.55. The second-order valence-electron chi connectivity index (χ2n) is 4.29. The van der Waals surface area contributed by atoms with Crippen LogP contribution in [0.4, 0.5) is 5.69 Å². The maximum absolute atomic E-state index is 11.2. The molecule has 0 spiro atoms. The van der Waals surface area contributed by atoms with Gasteiger partial charge in [-0.1, -0.05) is 12.1 Å². The van der Waals surface area contributed by atoms with E-state index in [1.54, 1.807) is 0 Å². The molecule has 1 saturated heterocycles. The maximum atomic E-state index is 11.2. The molecule has 2 heterocycles. The molecule has 3 nitrogen and oxygen atoms in total. The van der Waals surface area contributed by atoms with E-state index < -0.39 is 0 Å². The van der Waals surface area contributed by atoms with Crippen LogP contribution >= 0.6 is 0 Å². The summed E-state index contributed by atoms with van der Waals surface area (Å²) in [5, 5.41) is 6.33. The third kappa shape index (κ3) is 1.53. The van der Waals surface area contributed by atoms with Crippen LogP contribution in [-0.2, 0) is 11.2 Å². The summed E-state index contributed by atoms with van der Waals surface area (Å²) in [7, 11) is 0. The molecule has 3 heteroatoms. The quantitative estimate of drug-likeness (QED) is 0.726. The monoisotopic (exact) mass is 202 g/mol. The van der Waals surface area contributed by atoms with Crippen LogP contribution in [0.15, 0.2) is 18.2 Å². The number of benzene rings is 1. The molecule has 1 atom stereocenters. The SMILES string of the molecule is O=C1Cc2cc(C3CCCN3)ccc2N1. The van der Waals surface area contributed by atoms with Gasteiger partial charge in [0.05, 0.1) is 6.42 Å². The van der Waals surface area contributed by atoms with Crippen molar-refractivity contribution in [1.29, 1.82) is 0 Å². The van der Waals surface area contributed by atoms with Gasteiger partial charge < -0.3 is 10.6 Å². The van der Waals surface area contributed by atoms with Gasteiger partial charge in [0.1, 0.15) is 0 Å². The Bertz CT molecular complexity index is 408. The van der Waals surface area contributed by atoms with E-state index in [0.29, 0.717) is 12.5 Å². The lowest BCUT2D eigenvalue weighted by atomic mass is 10.0. The molecule has 0 bridgehead atoms. The Morgan fingerprint density at radius 3 is 3.07 bits per heavy atom. The molecular weight excluding hydrogens is 188 g/mol. The number of fused-ring (bicyclic) bond motifs is 1. The van der Waals surface area contributed by atoms with E-state index in [-0.39, 0.29) is 5.91 Å². The minimum absolute atomic E-state index is 0.113. The average Bonchev–Trinajstić information content (AvgIpc) is 2.82. The highest BCUT2D eigenvalue weighted by Gasteiger charge is 2.21. The van der Waals surface area contributed by atoms with Crippen LogP contribution < -0.4 is 10.6 Å². The highest BCUT2D eigenvalue weighted by molar-refractivity contribution is 5.99. The van der Waals surface area contributed by atoms with Crippen LogP contribution in [0.3, 0.4) is 0 Å². The van der Waals surface area contributed by atoms with Gasteiger partial charge in [0.15, 0.2) is 0 Å². The van der Waals surface area contributed by atoms with E-state index in [9.17, 15) is 4.79 Å². The minimum Gasteiger partial charge on any atom is -0.326 e. The zero-order valence-corrected chi connectivity index (χ0v) is 8.55. The van der Waals surface area contributed by atoms with Gasteiger partial charge in [-0.3, -0.25) is 4.79 Å². The average molecular weight is 202 g/mol. The fraction of sp³-hybridized carbons (Fsp3) is 0.417. The number of rotatable bonds is 1. The molecule has 15 heavy (non-hydrogen) atoms. The third-order valence-corrected chi connectivity index (χ3v) is 3.22. The topological polar surface area (TPSA) is 41.1 Å². The number of carbonyl (C=O) groups is 1. The predicted molar refractivity (Wildman–Crippen MR) is 58.8 cm³/mol. The zero-order chi connectivity index (χ0) is 10.3. The summed E-state index contributed by atoms with van der Waals surface area (Å²) < 4.78 is 0. The Hall–Kier alpha value is -1.35. The number of nitrogens with one attached hydrogen (secondary N) is 2. The van der Waals surface area contributed by atoms with Crippen molar-refractivity contribution >= 4 is 11.6 Å². The largest absolute Gasteiger partial charge is 0.326 e. The molecule has 1 unspecified atom stereocenters. The maximum Gasteiger partial charge on any atom is 0.228 e. The molecule has 0 saturated carbocycles. The summed E-state index contributed by atoms with van der Waals surface area (Å²) in [6.07, 6.45) is 3.00. The Morgan fingerprint density at radius 2 is 2.27 bits per heavy atom. The fourth-order valence-electron chi connectivity index (χ4n) is 2.44. The molecule has 1 aromatic carbocycles. The first-order valence-electron chi connectivity index (χ1n) is 5.49. The Kier molecular flexibility index (Phi) is 1.99. The van der Waals surface area contributed by atoms with E-state index in [1.165, 1.54) is 18.4 Å². The van der Waals surface area contributed by atoms with Crippen molar-refractivity contribution in [2.45, 2.75) is 25.3 Å². The molecule has 2 N–H and O–H groups in total. The van der Waals surface area contributed by atoms with Crippen molar-refractivity contribution in [1.82, 2.24) is 5.32 Å². The number of carbonyl (C=O) groups excluding carboxylic acids is 1. The van der Waals surface area contributed by atoms with Crippen LogP contribution in [0.5, 0.6) is 0 Å². The number of amides is 1. The molecule has 3 rings (SSSR count). The first-order valence-corrected chi connectivity index (χ1v) is 5.49. The van der Waals surface area contributed by atoms with Gasteiger partial charge in [-0.25, -0.2) is 0 Å². The number of anilines is 1. The highest BCUT2D eigenvalue weighted by atomic mass is 16.1. The molecule has 1 amide bonds. The summed E-state index contributed by atoms with van der Waals surface area (Å²) >= 11 is 0. The molecule has 1 aromatic rings. The third-order valence-electron chi connectivity index (χ3n) is 3.22. The van der Waals surface area contributed by atoms with Crippen LogP contribution in [0, 0.1) is 0 Å². The molecule has 78 valence electrons. The molecular formula is C12H14N2O. The van der Waals surface area contributed by atoms with E-state index in [1.807, 2.05) is 6.07 Å². The van der Waals surface area contributed by atoms with E-state index in [4.69, 9.17) is 0 Å². The van der Waals surface area contributed by atoms with E-state index in [2.05, 4.69) is 22.8 Å². The first kappa shape index (κ1) is 8.92. The van der Waals surface area contributed by atoms with Crippen LogP contribution in [-0.4, -0.2) is 12.5 Å². The smallest absolute Gasteiger partial charge is 0.228 e. The lowest BCUT2D eigenvalue weighted by Crippen LogP contribution is -2.12. The van der Waals surface area contributed by atoms with Gasteiger partial charge in [-0.2, -0.15) is 0 Å². The predicted octanol–water partition coefficient (Wildman–Crippen LogP) is 1.61. The first-order chi connectivity index (χ1) is 7.33. The van der Waals surface area contributed by atoms with E-state index >= 15 is 0 Å². The van der Waals surface area contributed by atoms with Gasteiger partial charge in [-0.15, -0.1) is 0 Å². The van der Waals surface area contributed by atoms with Crippen molar-refractivity contribution in [2.75, 3.05) is 11.9 Å². The molecule has 0 aromatic heterocycles. The second-order valence-corrected chi connectivity index (χ2v) is 4.29. The van der Waals surface area contributed by atoms with Crippen molar-refractivity contribution in [2.24, 2.45) is 0 Å². The molecule has 2 aliphatic heterocycles. The summed E-state index contributed by atoms with van der Waals surface area (Å²) in [5.74, 6) is 0.113. The number of hydrogen-bond acceptors (Lipinski definition) is 2. The van der Waals surface area contributed by atoms with Gasteiger partial charge >= 0.3 is 0 Å². The lowest BCUT2D eigenvalue weighted by Gasteiger charge is -2.11. The molecule has 0 radical (unpaired) electrons. The molecule has 1 fully saturated rings. The molecule has 2 aliphatic rings. The standard InChI is InChI=1S/C12H14N2O/c15-12-7-9-6-8(3-4-11(9)14-12)10-2-1-5-13-10/h3-4,6,10,13H,1-2,5,7H2,(H,14,15). The van der Waals surface area contributed by atoms with E-state index in [0.717, 1.165) is 17.8 Å². The Balaban J connectivity index is 1.92. The summed E-state index contributed by atoms with van der Waals surface area (Å²) in [4.78, 5) is 11.2. The Morgan fingerprint density at radius 1 is 1.33 bits per heavy atom. The van der Waals surface area contributed by atoms with Gasteiger partial charge in [-0.05, 0) is 36.6 Å². The van der Waals surface area contributed by atoms with Crippen molar-refractivity contribution in [3.8, 4) is 0 Å². The van der Waals surface area contributed by atoms with Crippen molar-refractivity contribution in [3.05, 3.63) is 29.3 Å². The van der Waals surface area contributed by atoms with Crippen LogP contribution in [0.25, 0.3) is 0 Å². The lowest BCUT2D eigenvalue weighted by molar-refractivity contribution is -0.115. The van der Waals surface area contributed by atoms with Gasteiger partial charge in [0.2, 0.25) is 5.91 Å². The number of hydrogen-bond donors (Lipinski definition) is 2. The summed E-state index contributed by atoms with van der Waals surface area (Å²) in [6, 6.07) is 6.80. The van der Waals surface area contributed by atoms with Crippen LogP contribution in [0.1, 0.15) is 30.0 Å². The fourth-order valence-corrected chi connectivity index (χ4v) is 2.44. The normalized spacial score (nSPS) is 24.0. The van der Waals surface area contributed by atoms with Gasteiger partial charge in [0.25, 0.3) is 0 Å². The highest BCUT2D eigenvalue weighted by Crippen LogP contribution is 2.29. The Labute approximate surface area is 88.9 Å². The second kappa shape index (κ2) is 3.35. The summed E-state index contributed by atoms with van der Waals surface area (Å²) in [5.41, 5.74) is 3.45. The molecule has 0 aliphatic carbocycles. The van der Waals surface area contributed by atoms with Crippen LogP contribution in [0.2, 0.25) is 0 Å². The van der Waals surface area contributed by atoms with Crippen molar-refractivity contribution in [3.63, 3.8) is 0 Å². The minimum atomic E-state index is 0.113. The van der Waals surface area contributed by atoms with Crippen molar-refractivity contribution < 1.29 is 4.79 Å². The summed E-state index contributed by atoms with van der Waals surface area (Å²) in [6.45, 7) is 1.11. The van der Waals surface area contributed by atoms with Gasteiger partial charge in [0, 0.05) is 11.7 Å².